The molecule has 3 rings (SSSR count). The van der Waals surface area contributed by atoms with Crippen molar-refractivity contribution >= 4 is 16.9 Å². The predicted molar refractivity (Wildman–Crippen MR) is 93.3 cm³/mol. The summed E-state index contributed by atoms with van der Waals surface area (Å²) in [5, 5.41) is 9.73. The van der Waals surface area contributed by atoms with Crippen LogP contribution in [0, 0.1) is 6.92 Å². The van der Waals surface area contributed by atoms with Crippen LogP contribution in [-0.2, 0) is 4.79 Å². The molecule has 2 aromatic carbocycles. The second-order valence-electron chi connectivity index (χ2n) is 5.81. The van der Waals surface area contributed by atoms with Crippen molar-refractivity contribution in [2.75, 3.05) is 0 Å². The van der Waals surface area contributed by atoms with Crippen LogP contribution in [0.3, 0.4) is 0 Å². The van der Waals surface area contributed by atoms with Gasteiger partial charge < -0.3 is 9.52 Å². The molecule has 1 N–H and O–H groups in total. The Morgan fingerprint density at radius 3 is 2.50 bits per heavy atom. The molecule has 3 aromatic rings. The number of benzene rings is 2. The third-order valence-electron chi connectivity index (χ3n) is 4.29. The van der Waals surface area contributed by atoms with Crippen molar-refractivity contribution in [1.29, 1.82) is 0 Å². The maximum atomic E-state index is 12.7. The lowest BCUT2D eigenvalue weighted by atomic mass is 9.95. The summed E-state index contributed by atoms with van der Waals surface area (Å²) < 4.78 is 5.94. The summed E-state index contributed by atoms with van der Waals surface area (Å²) in [5.41, 5.74) is 2.33. The van der Waals surface area contributed by atoms with E-state index in [1.54, 1.807) is 25.1 Å². The molecule has 0 aliphatic heterocycles. The molecule has 1 atom stereocenters. The van der Waals surface area contributed by atoms with E-state index in [0.29, 0.717) is 34.3 Å². The number of rotatable bonds is 4. The maximum Gasteiger partial charge on any atom is 0.310 e. The van der Waals surface area contributed by atoms with Gasteiger partial charge in [-0.1, -0.05) is 43.3 Å². The van der Waals surface area contributed by atoms with Gasteiger partial charge in [-0.15, -0.1) is 0 Å². The monoisotopic (exact) mass is 322 g/mol. The average Bonchev–Trinajstić information content (AvgIpc) is 2.59. The molecule has 24 heavy (non-hydrogen) atoms. The van der Waals surface area contributed by atoms with Gasteiger partial charge in [0.2, 0.25) is 0 Å². The van der Waals surface area contributed by atoms with Gasteiger partial charge >= 0.3 is 5.97 Å². The first kappa shape index (κ1) is 16.0. The van der Waals surface area contributed by atoms with Gasteiger partial charge in [-0.25, -0.2) is 0 Å². The van der Waals surface area contributed by atoms with Crippen LogP contribution in [0.4, 0.5) is 0 Å². The number of aliphatic carboxylic acids is 1. The van der Waals surface area contributed by atoms with Crippen LogP contribution in [-0.4, -0.2) is 11.1 Å². The fourth-order valence-electron chi connectivity index (χ4n) is 2.94. The minimum atomic E-state index is -0.890. The fraction of sp³-hybridized carbons (Fsp3) is 0.200. The highest BCUT2D eigenvalue weighted by molar-refractivity contribution is 5.83. The van der Waals surface area contributed by atoms with E-state index < -0.39 is 11.9 Å². The van der Waals surface area contributed by atoms with E-state index in [-0.39, 0.29) is 5.43 Å². The molecule has 0 radical (unpaired) electrons. The zero-order valence-electron chi connectivity index (χ0n) is 13.6. The van der Waals surface area contributed by atoms with Crippen molar-refractivity contribution in [3.05, 3.63) is 69.9 Å². The van der Waals surface area contributed by atoms with Crippen LogP contribution in [0.1, 0.15) is 30.4 Å². The van der Waals surface area contributed by atoms with Crippen molar-refractivity contribution in [2.45, 2.75) is 26.2 Å². The van der Waals surface area contributed by atoms with Crippen LogP contribution in [0.25, 0.3) is 22.3 Å². The van der Waals surface area contributed by atoms with Gasteiger partial charge in [0, 0.05) is 11.1 Å². The molecule has 0 aliphatic carbocycles. The third kappa shape index (κ3) is 2.71. The van der Waals surface area contributed by atoms with E-state index in [0.717, 1.165) is 5.56 Å². The number of fused-ring (bicyclic) bond motifs is 1. The van der Waals surface area contributed by atoms with E-state index >= 15 is 0 Å². The number of hydrogen-bond donors (Lipinski definition) is 1. The summed E-state index contributed by atoms with van der Waals surface area (Å²) in [6.45, 7) is 3.55. The lowest BCUT2D eigenvalue weighted by molar-refractivity contribution is -0.138. The Morgan fingerprint density at radius 1 is 1.17 bits per heavy atom. The lowest BCUT2D eigenvalue weighted by Gasteiger charge is -2.12. The zero-order chi connectivity index (χ0) is 17.3. The van der Waals surface area contributed by atoms with Gasteiger partial charge in [-0.05, 0) is 31.0 Å². The first-order chi connectivity index (χ1) is 11.5. The van der Waals surface area contributed by atoms with E-state index in [9.17, 15) is 14.7 Å². The Kier molecular flexibility index (Phi) is 4.21. The highest BCUT2D eigenvalue weighted by Crippen LogP contribution is 2.28. The van der Waals surface area contributed by atoms with Gasteiger partial charge in [0.15, 0.2) is 5.43 Å². The van der Waals surface area contributed by atoms with E-state index in [4.69, 9.17) is 4.42 Å². The molecule has 0 saturated carbocycles. The molecular weight excluding hydrogens is 304 g/mol. The van der Waals surface area contributed by atoms with Gasteiger partial charge in [-0.2, -0.15) is 0 Å². The molecule has 0 bridgehead atoms. The van der Waals surface area contributed by atoms with Crippen LogP contribution in [0.15, 0.2) is 57.7 Å². The number of carboxylic acid groups (broad SMARTS) is 1. The molecule has 4 nitrogen and oxygen atoms in total. The van der Waals surface area contributed by atoms with Crippen molar-refractivity contribution in [3.63, 3.8) is 0 Å². The van der Waals surface area contributed by atoms with Crippen molar-refractivity contribution in [3.8, 4) is 11.3 Å². The van der Waals surface area contributed by atoms with Crippen LogP contribution >= 0.6 is 0 Å². The molecule has 0 amide bonds. The summed E-state index contributed by atoms with van der Waals surface area (Å²) in [4.78, 5) is 24.1. The normalized spacial score (nSPS) is 12.2. The van der Waals surface area contributed by atoms with E-state index in [2.05, 4.69) is 0 Å². The predicted octanol–water partition coefficient (Wildman–Crippen LogP) is 4.35. The maximum absolute atomic E-state index is 12.7. The molecule has 1 unspecified atom stereocenters. The van der Waals surface area contributed by atoms with Crippen molar-refractivity contribution in [2.24, 2.45) is 0 Å². The quantitative estimate of drug-likeness (QED) is 0.775. The fourth-order valence-corrected chi connectivity index (χ4v) is 2.94. The van der Waals surface area contributed by atoms with E-state index in [1.807, 2.05) is 37.3 Å². The van der Waals surface area contributed by atoms with Gasteiger partial charge in [0.1, 0.15) is 11.3 Å². The Labute approximate surface area is 139 Å². The lowest BCUT2D eigenvalue weighted by Crippen LogP contribution is -2.12. The highest BCUT2D eigenvalue weighted by atomic mass is 16.4. The zero-order valence-corrected chi connectivity index (χ0v) is 13.6. The molecule has 1 aromatic heterocycles. The molecule has 0 saturated heterocycles. The van der Waals surface area contributed by atoms with Crippen LogP contribution in [0.5, 0.6) is 0 Å². The van der Waals surface area contributed by atoms with Gasteiger partial charge in [-0.3, -0.25) is 9.59 Å². The molecule has 0 fully saturated rings. The first-order valence-corrected chi connectivity index (χ1v) is 7.88. The molecular formula is C20H18O4. The third-order valence-corrected chi connectivity index (χ3v) is 4.29. The van der Waals surface area contributed by atoms with E-state index in [1.165, 1.54) is 0 Å². The molecule has 0 aliphatic rings. The smallest absolute Gasteiger partial charge is 0.310 e. The first-order valence-electron chi connectivity index (χ1n) is 7.88. The Bertz CT molecular complexity index is 955. The average molecular weight is 322 g/mol. The second-order valence-corrected chi connectivity index (χ2v) is 5.81. The Hall–Kier alpha value is -2.88. The second kappa shape index (κ2) is 6.32. The Morgan fingerprint density at radius 2 is 1.88 bits per heavy atom. The minimum Gasteiger partial charge on any atom is -0.481 e. The standard InChI is InChI=1S/C20H18O4/c1-3-15(20(22)23)14-9-10-17-16(11-14)18(21)12(2)19(24-17)13-7-5-4-6-8-13/h4-11,15H,3H2,1-2H3,(H,22,23). The number of carboxylic acids is 1. The Balaban J connectivity index is 2.22. The largest absolute Gasteiger partial charge is 0.481 e. The summed E-state index contributed by atoms with van der Waals surface area (Å²) in [5.74, 6) is -0.965. The summed E-state index contributed by atoms with van der Waals surface area (Å²) in [6, 6.07) is 14.5. The van der Waals surface area contributed by atoms with Gasteiger partial charge in [0.05, 0.1) is 11.3 Å². The molecule has 122 valence electrons. The van der Waals surface area contributed by atoms with Crippen LogP contribution in [0.2, 0.25) is 0 Å². The highest BCUT2D eigenvalue weighted by Gasteiger charge is 2.19. The van der Waals surface area contributed by atoms with Crippen molar-refractivity contribution in [1.82, 2.24) is 0 Å². The number of carbonyl (C=O) groups is 1. The van der Waals surface area contributed by atoms with Gasteiger partial charge in [0.25, 0.3) is 0 Å². The van der Waals surface area contributed by atoms with Crippen LogP contribution < -0.4 is 5.43 Å². The minimum absolute atomic E-state index is 0.128. The molecule has 1 heterocycles. The molecule has 4 heteroatoms. The topological polar surface area (TPSA) is 67.5 Å². The summed E-state index contributed by atoms with van der Waals surface area (Å²) in [7, 11) is 0. The summed E-state index contributed by atoms with van der Waals surface area (Å²) in [6.07, 6.45) is 0.466. The number of hydrogen-bond acceptors (Lipinski definition) is 3. The molecule has 0 spiro atoms. The SMILES string of the molecule is CCC(C(=O)O)c1ccc2oc(-c3ccccc3)c(C)c(=O)c2c1. The van der Waals surface area contributed by atoms with Crippen molar-refractivity contribution < 1.29 is 14.3 Å². The summed E-state index contributed by atoms with van der Waals surface area (Å²) >= 11 is 0.